The van der Waals surface area contributed by atoms with Crippen LogP contribution in [-0.2, 0) is 4.79 Å². The molecule has 0 saturated heterocycles. The molecule has 3 nitrogen and oxygen atoms in total. The molecule has 0 aliphatic rings. The van der Waals surface area contributed by atoms with Crippen LogP contribution < -0.4 is 4.74 Å². The zero-order valence-corrected chi connectivity index (χ0v) is 6.87. The number of aryl methyl sites for hydroxylation is 1. The summed E-state index contributed by atoms with van der Waals surface area (Å²) >= 11 is 0. The average Bonchev–Trinajstić information content (AvgIpc) is 2.09. The predicted octanol–water partition coefficient (Wildman–Crippen LogP) is 1.56. The molecular weight excluding hydrogens is 173 g/mol. The molecule has 0 heterocycles. The second kappa shape index (κ2) is 3.68. The Morgan fingerprint density at radius 3 is 2.85 bits per heavy atom. The first kappa shape index (κ1) is 9.20. The van der Waals surface area contributed by atoms with Crippen molar-refractivity contribution in [2.75, 3.05) is 0 Å². The Kier molecular flexibility index (Phi) is 2.60. The van der Waals surface area contributed by atoms with Crippen LogP contribution in [-0.4, -0.2) is 5.97 Å². The van der Waals surface area contributed by atoms with Crippen molar-refractivity contribution in [3.63, 3.8) is 0 Å². The van der Waals surface area contributed by atoms with E-state index in [1.54, 1.807) is 13.0 Å². The summed E-state index contributed by atoms with van der Waals surface area (Å²) in [5.41, 5.74) is 0.717. The molecule has 0 fully saturated rings. The van der Waals surface area contributed by atoms with Crippen molar-refractivity contribution in [2.45, 2.75) is 6.92 Å². The van der Waals surface area contributed by atoms with Crippen LogP contribution >= 0.6 is 0 Å². The van der Waals surface area contributed by atoms with Gasteiger partial charge in [0.1, 0.15) is 0 Å². The van der Waals surface area contributed by atoms with Gasteiger partial charge in [-0.25, -0.2) is 9.18 Å². The highest BCUT2D eigenvalue weighted by molar-refractivity contribution is 5.87. The Balaban J connectivity index is 2.91. The fourth-order valence-corrected chi connectivity index (χ4v) is 0.811. The second-order valence-corrected chi connectivity index (χ2v) is 2.44. The number of hydrogen-bond acceptors (Lipinski definition) is 3. The van der Waals surface area contributed by atoms with Gasteiger partial charge in [0, 0.05) is 0 Å². The third-order valence-corrected chi connectivity index (χ3v) is 1.38. The number of carbonyl (C=O) groups is 1. The summed E-state index contributed by atoms with van der Waals surface area (Å²) in [5, 5.41) is 8.09. The molecule has 1 aromatic carbocycles. The lowest BCUT2D eigenvalue weighted by Crippen LogP contribution is -2.05. The van der Waals surface area contributed by atoms with E-state index in [0.717, 1.165) is 0 Å². The van der Waals surface area contributed by atoms with Crippen molar-refractivity contribution in [3.05, 3.63) is 29.6 Å². The summed E-state index contributed by atoms with van der Waals surface area (Å²) in [6, 6.07) is 5.34. The molecule has 0 saturated carbocycles. The zero-order valence-electron chi connectivity index (χ0n) is 6.87. The topological polar surface area (TPSA) is 50.1 Å². The van der Waals surface area contributed by atoms with E-state index in [1.165, 1.54) is 18.2 Å². The molecule has 13 heavy (non-hydrogen) atoms. The van der Waals surface area contributed by atoms with Crippen LogP contribution in [0.5, 0.6) is 5.75 Å². The van der Waals surface area contributed by atoms with Gasteiger partial charge in [-0.1, -0.05) is 6.07 Å². The van der Waals surface area contributed by atoms with Gasteiger partial charge in [0.15, 0.2) is 17.6 Å². The van der Waals surface area contributed by atoms with Crippen LogP contribution in [0.1, 0.15) is 5.56 Å². The van der Waals surface area contributed by atoms with Crippen LogP contribution in [0.25, 0.3) is 0 Å². The molecular formula is C9H6FNO2. The van der Waals surface area contributed by atoms with E-state index >= 15 is 0 Å². The van der Waals surface area contributed by atoms with Gasteiger partial charge < -0.3 is 4.74 Å². The van der Waals surface area contributed by atoms with E-state index in [-0.39, 0.29) is 5.75 Å². The van der Waals surface area contributed by atoms with Crippen molar-refractivity contribution < 1.29 is 13.9 Å². The van der Waals surface area contributed by atoms with E-state index in [2.05, 4.69) is 4.74 Å². The molecule has 0 unspecified atom stereocenters. The number of rotatable bonds is 1. The van der Waals surface area contributed by atoms with Gasteiger partial charge in [-0.2, -0.15) is 5.26 Å². The van der Waals surface area contributed by atoms with Crippen LogP contribution in [0.4, 0.5) is 4.39 Å². The smallest absolute Gasteiger partial charge is 0.412 e. The van der Waals surface area contributed by atoms with Gasteiger partial charge >= 0.3 is 5.97 Å². The maximum Gasteiger partial charge on any atom is 0.416 e. The lowest BCUT2D eigenvalue weighted by Gasteiger charge is -2.01. The number of nitriles is 1. The minimum absolute atomic E-state index is 0.225. The maximum absolute atomic E-state index is 13.0. The quantitative estimate of drug-likeness (QED) is 0.373. The highest BCUT2D eigenvalue weighted by atomic mass is 19.1. The summed E-state index contributed by atoms with van der Waals surface area (Å²) in [7, 11) is 0. The fourth-order valence-electron chi connectivity index (χ4n) is 0.811. The molecule has 0 N–H and O–H groups in total. The second-order valence-electron chi connectivity index (χ2n) is 2.44. The minimum atomic E-state index is -1.12. The normalized spacial score (nSPS) is 9.00. The van der Waals surface area contributed by atoms with Crippen molar-refractivity contribution in [3.8, 4) is 11.8 Å². The van der Waals surface area contributed by atoms with Gasteiger partial charge in [-0.15, -0.1) is 0 Å². The van der Waals surface area contributed by atoms with Crippen molar-refractivity contribution in [1.29, 1.82) is 5.26 Å². The van der Waals surface area contributed by atoms with E-state index in [4.69, 9.17) is 5.26 Å². The number of carbonyl (C=O) groups excluding carboxylic acids is 1. The number of benzene rings is 1. The summed E-state index contributed by atoms with van der Waals surface area (Å²) in [5.74, 6) is -2.00. The van der Waals surface area contributed by atoms with E-state index < -0.39 is 11.8 Å². The molecule has 1 aromatic rings. The van der Waals surface area contributed by atoms with Gasteiger partial charge in [-0.05, 0) is 24.6 Å². The molecule has 0 spiro atoms. The van der Waals surface area contributed by atoms with Crippen molar-refractivity contribution >= 4 is 5.97 Å². The monoisotopic (exact) mass is 179 g/mol. The Morgan fingerprint density at radius 2 is 2.31 bits per heavy atom. The van der Waals surface area contributed by atoms with Crippen LogP contribution in [0, 0.1) is 24.1 Å². The Bertz CT molecular complexity index is 382. The SMILES string of the molecule is Cc1ccc(OC(=O)C#N)c(F)c1. The van der Waals surface area contributed by atoms with E-state index in [0.29, 0.717) is 5.56 Å². The standard InChI is InChI=1S/C9H6FNO2/c1-6-2-3-8(7(10)4-6)13-9(12)5-11/h2-4H,1H3. The molecule has 66 valence electrons. The summed E-state index contributed by atoms with van der Waals surface area (Å²) in [6.45, 7) is 1.71. The Labute approximate surface area is 74.4 Å². The molecule has 1 rings (SSSR count). The minimum Gasteiger partial charge on any atom is -0.412 e. The molecule has 0 amide bonds. The Hall–Kier alpha value is -1.89. The first-order valence-corrected chi connectivity index (χ1v) is 3.51. The highest BCUT2D eigenvalue weighted by Gasteiger charge is 2.07. The number of halogens is 1. The third-order valence-electron chi connectivity index (χ3n) is 1.38. The zero-order chi connectivity index (χ0) is 9.84. The predicted molar refractivity (Wildman–Crippen MR) is 42.4 cm³/mol. The van der Waals surface area contributed by atoms with Crippen LogP contribution in [0.3, 0.4) is 0 Å². The van der Waals surface area contributed by atoms with Gasteiger partial charge in [0.2, 0.25) is 0 Å². The van der Waals surface area contributed by atoms with Crippen molar-refractivity contribution in [1.82, 2.24) is 0 Å². The van der Waals surface area contributed by atoms with E-state index in [9.17, 15) is 9.18 Å². The van der Waals surface area contributed by atoms with Gasteiger partial charge in [0.05, 0.1) is 0 Å². The summed E-state index contributed by atoms with van der Waals surface area (Å²) in [4.78, 5) is 10.5. The average molecular weight is 179 g/mol. The van der Waals surface area contributed by atoms with Gasteiger partial charge in [-0.3, -0.25) is 0 Å². The lowest BCUT2D eigenvalue weighted by atomic mass is 10.2. The molecule has 4 heteroatoms. The molecule has 0 aliphatic carbocycles. The molecule has 0 radical (unpaired) electrons. The number of hydrogen-bond donors (Lipinski definition) is 0. The molecule has 0 aromatic heterocycles. The number of ether oxygens (including phenoxy) is 1. The van der Waals surface area contributed by atoms with Crippen LogP contribution in [0.2, 0.25) is 0 Å². The first-order chi connectivity index (χ1) is 6.13. The van der Waals surface area contributed by atoms with E-state index in [1.807, 2.05) is 0 Å². The summed E-state index contributed by atoms with van der Waals surface area (Å²) in [6.07, 6.45) is 0. The molecule has 0 atom stereocenters. The lowest BCUT2D eigenvalue weighted by molar-refractivity contribution is -0.128. The van der Waals surface area contributed by atoms with Crippen molar-refractivity contribution in [2.24, 2.45) is 0 Å². The maximum atomic E-state index is 13.0. The fraction of sp³-hybridized carbons (Fsp3) is 0.111. The molecule has 0 bridgehead atoms. The van der Waals surface area contributed by atoms with Crippen LogP contribution in [0.15, 0.2) is 18.2 Å². The largest absolute Gasteiger partial charge is 0.416 e. The Morgan fingerprint density at radius 1 is 1.62 bits per heavy atom. The number of nitrogens with zero attached hydrogens (tertiary/aromatic N) is 1. The highest BCUT2D eigenvalue weighted by Crippen LogP contribution is 2.17. The third kappa shape index (κ3) is 2.27. The molecule has 0 aliphatic heterocycles. The first-order valence-electron chi connectivity index (χ1n) is 3.51. The van der Waals surface area contributed by atoms with Gasteiger partial charge in [0.25, 0.3) is 0 Å². The summed E-state index contributed by atoms with van der Waals surface area (Å²) < 4.78 is 17.3. The number of esters is 1.